The van der Waals surface area contributed by atoms with Gasteiger partial charge >= 0.3 is 0 Å². The first-order valence-electron chi connectivity index (χ1n) is 33.7. The maximum Gasteiger partial charge on any atom is 0.246 e. The molecule has 0 saturated carbocycles. The number of halogens is 2. The molecule has 9 atom stereocenters. The van der Waals surface area contributed by atoms with Crippen molar-refractivity contribution < 1.29 is 61.5 Å². The number of H-pyrrole nitrogens is 2. The van der Waals surface area contributed by atoms with Crippen molar-refractivity contribution >= 4 is 104 Å². The highest BCUT2D eigenvalue weighted by Gasteiger charge is 2.49. The van der Waals surface area contributed by atoms with Crippen molar-refractivity contribution in [2.45, 2.75) is 163 Å². The van der Waals surface area contributed by atoms with E-state index in [9.17, 15) is 28.4 Å². The van der Waals surface area contributed by atoms with Gasteiger partial charge < -0.3 is 72.8 Å². The quantitative estimate of drug-likeness (QED) is 0.0909. The number of rotatable bonds is 10. The Kier molecular flexibility index (Phi) is 24.7. The molecule has 99 heavy (non-hydrogen) atoms. The molecule has 6 aromatic rings. The van der Waals surface area contributed by atoms with Gasteiger partial charge in [0.2, 0.25) is 59.1 Å². The molecule has 3 fully saturated rings. The number of thioether (sulfide) groups is 2. The molecule has 3 saturated heterocycles. The second kappa shape index (κ2) is 33.7. The molecule has 4 aromatic carbocycles. The number of methoxy groups -OCH3 is 1. The fourth-order valence-corrected chi connectivity index (χ4v) is 15.1. The molecule has 5 bridgehead atoms. The molecule has 0 spiro atoms. The molecule has 10 rings (SSSR count). The van der Waals surface area contributed by atoms with Crippen LogP contribution in [0.15, 0.2) is 97.3 Å². The van der Waals surface area contributed by atoms with Crippen molar-refractivity contribution in [3.05, 3.63) is 137 Å². The summed E-state index contributed by atoms with van der Waals surface area (Å²) in [6, 6.07) is 12.7. The van der Waals surface area contributed by atoms with Gasteiger partial charge in [-0.2, -0.15) is 11.8 Å². The Morgan fingerprint density at radius 1 is 0.626 bits per heavy atom. The van der Waals surface area contributed by atoms with E-state index in [0.717, 1.165) is 11.1 Å². The summed E-state index contributed by atoms with van der Waals surface area (Å²) in [5, 5.41) is 23.7. The number of hydrogen-bond acceptors (Lipinski definition) is 14. The average molecular weight is 1400 g/mol. The molecule has 528 valence electrons. The van der Waals surface area contributed by atoms with Gasteiger partial charge in [-0.05, 0) is 154 Å². The third-order valence-electron chi connectivity index (χ3n) is 18.9. The summed E-state index contributed by atoms with van der Waals surface area (Å²) in [5.41, 5.74) is 9.09. The molecule has 0 radical (unpaired) electrons. The van der Waals surface area contributed by atoms with E-state index in [1.165, 1.54) is 83.8 Å². The third kappa shape index (κ3) is 18.7. The van der Waals surface area contributed by atoms with Crippen LogP contribution in [-0.4, -0.2) is 177 Å². The van der Waals surface area contributed by atoms with E-state index in [1.54, 1.807) is 43.6 Å². The summed E-state index contributed by atoms with van der Waals surface area (Å²) >= 11 is 3.06. The van der Waals surface area contributed by atoms with Crippen molar-refractivity contribution in [3.8, 4) is 5.75 Å². The van der Waals surface area contributed by atoms with E-state index >= 15 is 28.4 Å². The maximum atomic E-state index is 15.8. The first-order valence-corrected chi connectivity index (χ1v) is 36.1. The molecule has 28 heteroatoms. The smallest absolute Gasteiger partial charge is 0.246 e. The standard InChI is InChI=1S/C71H87F2N13O11S2/c1-41-63(89)82-57(31-45-36-75-53-20-16-47(72)33-51(45)53)66(92)84-59(32-46-37-76-54-21-17-48(73)34-52(46)54)68(94)85-38-49-35-60(85)67(93)81-56(11-4-5-13-61(87)79-49)65(91)83-58(30-43-14-18-50(97-3)19-15-43)69(95)86-26-8-24-71(86,2)70(96)77-40-99-27-22-42-9-6-10-44(29-42)39-98-28-23-62(88)80-55(12-7-25-74)64(90)78-41/h6,9-10,14-21,29,33-34,36-37,41,49,55-60,75-76H,4-5,7-8,11-13,22-28,30-32,35,38-40,74H2,1-3H3,(H,77,96)(H,78,90)(H,79,87)(H,80,88)(H,81,93)(H,82,89)(H,83,91)(H,84,92)/t41-,49+,55+,56+,57+,58+,59+,60+,71+/m1/s1. The second-order valence-electron chi connectivity index (χ2n) is 26.0. The van der Waals surface area contributed by atoms with Crippen LogP contribution in [0.4, 0.5) is 8.78 Å². The minimum absolute atomic E-state index is 0.00408. The van der Waals surface area contributed by atoms with Crippen molar-refractivity contribution in [1.29, 1.82) is 0 Å². The lowest BCUT2D eigenvalue weighted by Gasteiger charge is -2.36. The number of fused-ring (bicyclic) bond motifs is 8. The Bertz CT molecular complexity index is 3950. The molecule has 0 aliphatic carbocycles. The molecule has 0 unspecified atom stereocenters. The van der Waals surface area contributed by atoms with Gasteiger partial charge in [-0.3, -0.25) is 47.9 Å². The largest absolute Gasteiger partial charge is 0.497 e. The molecular formula is C71H87F2N13O11S2. The van der Waals surface area contributed by atoms with Crippen LogP contribution in [0.5, 0.6) is 5.75 Å². The van der Waals surface area contributed by atoms with Crippen LogP contribution in [0.25, 0.3) is 21.8 Å². The monoisotopic (exact) mass is 1400 g/mol. The summed E-state index contributed by atoms with van der Waals surface area (Å²) < 4.78 is 35.5. The lowest BCUT2D eigenvalue weighted by molar-refractivity contribution is -0.146. The molecule has 2 aromatic heterocycles. The summed E-state index contributed by atoms with van der Waals surface area (Å²) in [6.07, 6.45) is 5.01. The highest BCUT2D eigenvalue weighted by Crippen LogP contribution is 2.32. The number of nitrogens with one attached hydrogen (secondary N) is 10. The van der Waals surface area contributed by atoms with E-state index in [2.05, 4.69) is 58.6 Å². The SMILES string of the molecule is COc1ccc(C[C@@H]2NC(=O)[C@@H]3CCCCC(=O)N[C@H]4C[C@@H](C(=O)N3)N(C4)C(=O)[C@H](Cc3c[nH]c4ccc(F)cc34)NC(=O)[C@H](Cc3c[nH]c4ccc(F)cc34)NC(=O)[C@@H](C)NC(=O)[C@H](CCCN)NC(=O)CCSCc3cccc(c3)CCSCNC(=O)[C@]3(C)CCCN3C2=O)cc1. The number of hydrogen-bond donors (Lipinski definition) is 11. The molecule has 4 aliphatic heterocycles. The molecule has 24 nitrogen and oxygen atoms in total. The van der Waals surface area contributed by atoms with Crippen molar-refractivity contribution in [1.82, 2.24) is 62.3 Å². The minimum atomic E-state index is -1.60. The van der Waals surface area contributed by atoms with Crippen molar-refractivity contribution in [2.24, 2.45) is 5.73 Å². The summed E-state index contributed by atoms with van der Waals surface area (Å²) in [7, 11) is 1.52. The van der Waals surface area contributed by atoms with Gasteiger partial charge in [0.25, 0.3) is 0 Å². The first kappa shape index (κ1) is 72.7. The van der Waals surface area contributed by atoms with Gasteiger partial charge in [-0.1, -0.05) is 42.8 Å². The third-order valence-corrected chi connectivity index (χ3v) is 20.8. The van der Waals surface area contributed by atoms with E-state index in [4.69, 9.17) is 10.5 Å². The fraction of sp³-hybridized carbons (Fsp3) is 0.465. The summed E-state index contributed by atoms with van der Waals surface area (Å²) in [4.78, 5) is 156. The van der Waals surface area contributed by atoms with Gasteiger partial charge in [-0.15, -0.1) is 11.8 Å². The highest BCUT2D eigenvalue weighted by atomic mass is 32.2. The van der Waals surface area contributed by atoms with Crippen molar-refractivity contribution in [2.75, 3.05) is 44.1 Å². The second-order valence-corrected chi connectivity index (χ2v) is 28.3. The Morgan fingerprint density at radius 2 is 1.27 bits per heavy atom. The summed E-state index contributed by atoms with van der Waals surface area (Å²) in [6.45, 7) is 3.28. The molecule has 10 amide bonds. The molecular weight excluding hydrogens is 1310 g/mol. The van der Waals surface area contributed by atoms with Crippen LogP contribution >= 0.6 is 23.5 Å². The lowest BCUT2D eigenvalue weighted by Crippen LogP contribution is -2.62. The van der Waals surface area contributed by atoms with Crippen LogP contribution in [0.1, 0.15) is 106 Å². The van der Waals surface area contributed by atoms with E-state index in [0.29, 0.717) is 93.6 Å². The van der Waals surface area contributed by atoms with Gasteiger partial charge in [-0.25, -0.2) is 8.78 Å². The average Bonchev–Trinajstić information content (AvgIpc) is 1.71. The van der Waals surface area contributed by atoms with E-state index in [-0.39, 0.29) is 95.1 Å². The Balaban J connectivity index is 0.987. The zero-order valence-electron chi connectivity index (χ0n) is 55.7. The minimum Gasteiger partial charge on any atom is -0.497 e. The number of carbonyl (C=O) groups is 10. The Hall–Kier alpha value is -9.02. The molecule has 12 N–H and O–H groups in total. The Morgan fingerprint density at radius 3 is 1.98 bits per heavy atom. The van der Waals surface area contributed by atoms with Crippen LogP contribution in [0.2, 0.25) is 0 Å². The van der Waals surface area contributed by atoms with Crippen molar-refractivity contribution in [3.63, 3.8) is 0 Å². The molecule has 6 heterocycles. The Labute approximate surface area is 581 Å². The number of aromatic amines is 2. The number of carbonyl (C=O) groups excluding carboxylic acids is 10. The van der Waals surface area contributed by atoms with Gasteiger partial charge in [0.15, 0.2) is 0 Å². The van der Waals surface area contributed by atoms with E-state index in [1.807, 2.05) is 18.2 Å². The summed E-state index contributed by atoms with van der Waals surface area (Å²) in [5.74, 6) is -5.18. The van der Waals surface area contributed by atoms with Gasteiger partial charge in [0.1, 0.15) is 65.2 Å². The fourth-order valence-electron chi connectivity index (χ4n) is 13.4. The number of nitrogens with zero attached hydrogens (tertiary/aromatic N) is 2. The highest BCUT2D eigenvalue weighted by molar-refractivity contribution is 7.99. The predicted molar refractivity (Wildman–Crippen MR) is 372 cm³/mol. The van der Waals surface area contributed by atoms with Crippen LogP contribution in [-0.2, 0) is 79.4 Å². The van der Waals surface area contributed by atoms with Crippen LogP contribution in [0, 0.1) is 11.6 Å². The first-order chi connectivity index (χ1) is 47.7. The number of nitrogens with two attached hydrogens (primary N) is 1. The number of benzene rings is 4. The molecule has 4 aliphatic rings. The number of ether oxygens (including phenoxy) is 1. The normalized spacial score (nSPS) is 25.3. The van der Waals surface area contributed by atoms with Crippen LogP contribution in [0.3, 0.4) is 0 Å². The number of aromatic nitrogens is 2. The zero-order valence-corrected chi connectivity index (χ0v) is 57.4. The zero-order chi connectivity index (χ0) is 70.3. The predicted octanol–water partition coefficient (Wildman–Crippen LogP) is 4.36. The van der Waals surface area contributed by atoms with E-state index < -0.39 is 113 Å². The lowest BCUT2D eigenvalue weighted by atomic mass is 9.95. The topological polar surface area (TPSA) is 340 Å². The van der Waals surface area contributed by atoms with Gasteiger partial charge in [0.05, 0.1) is 13.0 Å². The number of amides is 10. The van der Waals surface area contributed by atoms with Gasteiger partial charge in [0, 0.05) is 96.9 Å². The number of aryl methyl sites for hydroxylation is 1. The maximum absolute atomic E-state index is 15.8. The van der Waals surface area contributed by atoms with Crippen LogP contribution < -0.4 is 53.0 Å².